The summed E-state index contributed by atoms with van der Waals surface area (Å²) in [5.41, 5.74) is 3.27. The third-order valence-electron chi connectivity index (χ3n) is 3.50. The Balaban J connectivity index is 1.95. The fourth-order valence-electron chi connectivity index (χ4n) is 2.27. The molecule has 0 aliphatic rings. The first-order valence-electron chi connectivity index (χ1n) is 6.82. The molecule has 0 aliphatic heterocycles. The van der Waals surface area contributed by atoms with Gasteiger partial charge in [0.15, 0.2) is 5.78 Å². The van der Waals surface area contributed by atoms with Crippen LogP contribution in [0.25, 0.3) is 10.9 Å². The molecule has 0 unspecified atom stereocenters. The lowest BCUT2D eigenvalue weighted by molar-refractivity contribution is 0.103. The van der Waals surface area contributed by atoms with Gasteiger partial charge in [0.25, 0.3) is 0 Å². The SMILES string of the molecule is CN(C)c1ccc(C(=O)c2cnc3ccccc3c2)cc1. The summed E-state index contributed by atoms with van der Waals surface area (Å²) in [5.74, 6) is -0.00133. The average molecular weight is 276 g/mol. The minimum absolute atomic E-state index is 0.00133. The summed E-state index contributed by atoms with van der Waals surface area (Å²) < 4.78 is 0. The molecule has 0 atom stereocenters. The summed E-state index contributed by atoms with van der Waals surface area (Å²) >= 11 is 0. The first kappa shape index (κ1) is 13.3. The number of hydrogen-bond donors (Lipinski definition) is 0. The van der Waals surface area contributed by atoms with E-state index in [4.69, 9.17) is 0 Å². The van der Waals surface area contributed by atoms with Crippen molar-refractivity contribution in [1.29, 1.82) is 0 Å². The normalized spacial score (nSPS) is 10.6. The van der Waals surface area contributed by atoms with E-state index >= 15 is 0 Å². The van der Waals surface area contributed by atoms with E-state index in [9.17, 15) is 4.79 Å². The van der Waals surface area contributed by atoms with Gasteiger partial charge < -0.3 is 4.90 Å². The van der Waals surface area contributed by atoms with Crippen LogP contribution in [0, 0.1) is 0 Å². The topological polar surface area (TPSA) is 33.2 Å². The van der Waals surface area contributed by atoms with Crippen LogP contribution in [0.15, 0.2) is 60.8 Å². The summed E-state index contributed by atoms with van der Waals surface area (Å²) in [4.78, 5) is 18.9. The van der Waals surface area contributed by atoms with Crippen LogP contribution in [0.5, 0.6) is 0 Å². The zero-order chi connectivity index (χ0) is 14.8. The van der Waals surface area contributed by atoms with Crippen molar-refractivity contribution >= 4 is 22.4 Å². The maximum absolute atomic E-state index is 12.5. The van der Waals surface area contributed by atoms with Gasteiger partial charge in [0.2, 0.25) is 0 Å². The minimum Gasteiger partial charge on any atom is -0.378 e. The van der Waals surface area contributed by atoms with Crippen molar-refractivity contribution in [2.24, 2.45) is 0 Å². The number of hydrogen-bond acceptors (Lipinski definition) is 3. The van der Waals surface area contributed by atoms with Crippen molar-refractivity contribution < 1.29 is 4.79 Å². The van der Waals surface area contributed by atoms with Crippen molar-refractivity contribution in [3.8, 4) is 0 Å². The third-order valence-corrected chi connectivity index (χ3v) is 3.50. The van der Waals surface area contributed by atoms with Crippen LogP contribution >= 0.6 is 0 Å². The standard InChI is InChI=1S/C18H16N2O/c1-20(2)16-9-7-13(8-10-16)18(21)15-11-14-5-3-4-6-17(14)19-12-15/h3-12H,1-2H3. The van der Waals surface area contributed by atoms with Crippen LogP contribution in [0.1, 0.15) is 15.9 Å². The van der Waals surface area contributed by atoms with Crippen molar-refractivity contribution in [1.82, 2.24) is 4.98 Å². The lowest BCUT2D eigenvalue weighted by atomic mass is 10.0. The smallest absolute Gasteiger partial charge is 0.194 e. The summed E-state index contributed by atoms with van der Waals surface area (Å²) in [7, 11) is 3.95. The van der Waals surface area contributed by atoms with Gasteiger partial charge in [-0.2, -0.15) is 0 Å². The molecular weight excluding hydrogens is 260 g/mol. The highest BCUT2D eigenvalue weighted by Crippen LogP contribution is 2.18. The molecule has 1 aromatic heterocycles. The largest absolute Gasteiger partial charge is 0.378 e. The molecule has 0 saturated heterocycles. The number of nitrogens with zero attached hydrogens (tertiary/aromatic N) is 2. The van der Waals surface area contributed by atoms with Gasteiger partial charge in [-0.1, -0.05) is 18.2 Å². The Labute approximate surface area is 123 Å². The number of para-hydroxylation sites is 1. The Morgan fingerprint density at radius 3 is 2.38 bits per heavy atom. The van der Waals surface area contributed by atoms with Crippen molar-refractivity contribution in [3.63, 3.8) is 0 Å². The summed E-state index contributed by atoms with van der Waals surface area (Å²) in [5, 5.41) is 0.980. The molecule has 0 radical (unpaired) electrons. The average Bonchev–Trinajstić information content (AvgIpc) is 2.54. The quantitative estimate of drug-likeness (QED) is 0.686. The maximum Gasteiger partial charge on any atom is 0.194 e. The molecule has 3 rings (SSSR count). The van der Waals surface area contributed by atoms with E-state index in [-0.39, 0.29) is 5.78 Å². The summed E-state index contributed by atoms with van der Waals surface area (Å²) in [6, 6.07) is 17.3. The monoisotopic (exact) mass is 276 g/mol. The molecule has 3 heteroatoms. The number of carbonyl (C=O) groups is 1. The predicted molar refractivity (Wildman–Crippen MR) is 85.9 cm³/mol. The number of pyridine rings is 1. The molecule has 2 aromatic carbocycles. The lowest BCUT2D eigenvalue weighted by Crippen LogP contribution is -2.09. The van der Waals surface area contributed by atoms with Crippen LogP contribution in [-0.4, -0.2) is 24.9 Å². The highest BCUT2D eigenvalue weighted by molar-refractivity contribution is 6.10. The molecule has 104 valence electrons. The molecule has 0 saturated carbocycles. The fraction of sp³-hybridized carbons (Fsp3) is 0.111. The molecule has 0 aliphatic carbocycles. The van der Waals surface area contributed by atoms with Gasteiger partial charge in [0.1, 0.15) is 0 Å². The van der Waals surface area contributed by atoms with E-state index in [1.807, 2.05) is 73.6 Å². The van der Waals surface area contributed by atoms with Gasteiger partial charge in [0.05, 0.1) is 5.52 Å². The number of aromatic nitrogens is 1. The Kier molecular flexibility index (Phi) is 3.40. The van der Waals surface area contributed by atoms with Gasteiger partial charge in [0, 0.05) is 42.5 Å². The highest BCUT2D eigenvalue weighted by Gasteiger charge is 2.10. The van der Waals surface area contributed by atoms with E-state index in [2.05, 4.69) is 4.98 Å². The molecule has 0 spiro atoms. The molecule has 3 aromatic rings. The zero-order valence-electron chi connectivity index (χ0n) is 12.1. The van der Waals surface area contributed by atoms with Gasteiger partial charge in [-0.3, -0.25) is 9.78 Å². The first-order valence-corrected chi connectivity index (χ1v) is 6.82. The Morgan fingerprint density at radius 2 is 1.67 bits per heavy atom. The molecule has 0 bridgehead atoms. The number of rotatable bonds is 3. The van der Waals surface area contributed by atoms with Crippen LogP contribution < -0.4 is 4.90 Å². The Morgan fingerprint density at radius 1 is 0.952 bits per heavy atom. The van der Waals surface area contributed by atoms with E-state index < -0.39 is 0 Å². The maximum atomic E-state index is 12.5. The van der Waals surface area contributed by atoms with Gasteiger partial charge in [-0.25, -0.2) is 0 Å². The number of fused-ring (bicyclic) bond motifs is 1. The lowest BCUT2D eigenvalue weighted by Gasteiger charge is -2.12. The Hall–Kier alpha value is -2.68. The van der Waals surface area contributed by atoms with Crippen LogP contribution in [0.3, 0.4) is 0 Å². The predicted octanol–water partition coefficient (Wildman–Crippen LogP) is 3.53. The molecular formula is C18H16N2O. The first-order chi connectivity index (χ1) is 10.1. The van der Waals surface area contributed by atoms with Gasteiger partial charge >= 0.3 is 0 Å². The number of ketones is 1. The van der Waals surface area contributed by atoms with Gasteiger partial charge in [-0.05, 0) is 36.4 Å². The molecule has 0 amide bonds. The van der Waals surface area contributed by atoms with E-state index in [0.29, 0.717) is 11.1 Å². The minimum atomic E-state index is -0.00133. The van der Waals surface area contributed by atoms with Crippen LogP contribution in [0.4, 0.5) is 5.69 Å². The molecule has 21 heavy (non-hydrogen) atoms. The van der Waals surface area contributed by atoms with E-state index in [1.165, 1.54) is 0 Å². The third kappa shape index (κ3) is 2.63. The van der Waals surface area contributed by atoms with E-state index in [1.54, 1.807) is 6.20 Å². The molecule has 1 heterocycles. The molecule has 0 fully saturated rings. The van der Waals surface area contributed by atoms with Crippen molar-refractivity contribution in [2.45, 2.75) is 0 Å². The summed E-state index contributed by atoms with van der Waals surface area (Å²) in [6.45, 7) is 0. The van der Waals surface area contributed by atoms with Crippen LogP contribution in [-0.2, 0) is 0 Å². The van der Waals surface area contributed by atoms with Crippen LogP contribution in [0.2, 0.25) is 0 Å². The van der Waals surface area contributed by atoms with E-state index in [0.717, 1.165) is 16.6 Å². The van der Waals surface area contributed by atoms with Crippen molar-refractivity contribution in [3.05, 3.63) is 71.9 Å². The zero-order valence-corrected chi connectivity index (χ0v) is 12.1. The second-order valence-corrected chi connectivity index (χ2v) is 5.19. The van der Waals surface area contributed by atoms with Crippen molar-refractivity contribution in [2.75, 3.05) is 19.0 Å². The number of carbonyl (C=O) groups excluding carboxylic acids is 1. The summed E-state index contributed by atoms with van der Waals surface area (Å²) in [6.07, 6.45) is 1.64. The molecule has 3 nitrogen and oxygen atoms in total. The second-order valence-electron chi connectivity index (χ2n) is 5.19. The van der Waals surface area contributed by atoms with Gasteiger partial charge in [-0.15, -0.1) is 0 Å². The second kappa shape index (κ2) is 5.37. The number of anilines is 1. The number of benzene rings is 2. The highest BCUT2D eigenvalue weighted by atomic mass is 16.1. The fourth-order valence-corrected chi connectivity index (χ4v) is 2.27. The Bertz CT molecular complexity index is 792. The molecule has 0 N–H and O–H groups in total.